The normalized spacial score (nSPS) is 15.1. The third-order valence-electron chi connectivity index (χ3n) is 5.09. The molecule has 27 heavy (non-hydrogen) atoms. The van der Waals surface area contributed by atoms with Crippen LogP contribution in [0, 0.1) is 12.8 Å². The Morgan fingerprint density at radius 3 is 2.93 bits per heavy atom. The minimum absolute atomic E-state index is 0.181. The third kappa shape index (κ3) is 3.98. The van der Waals surface area contributed by atoms with E-state index in [1.54, 1.807) is 11.3 Å². The maximum Gasteiger partial charge on any atom is 0.223 e. The van der Waals surface area contributed by atoms with Crippen molar-refractivity contribution in [1.82, 2.24) is 20.3 Å². The number of carbonyl (C=O) groups is 1. The Bertz CT molecular complexity index is 891. The SMILES string of the molecule is Cc1cc(-c2cnn(CCNC(=O)C3CCCCC3)c2-c2cccs2)on1. The van der Waals surface area contributed by atoms with Crippen LogP contribution in [0.15, 0.2) is 34.3 Å². The Balaban J connectivity index is 1.49. The van der Waals surface area contributed by atoms with E-state index in [2.05, 4.69) is 21.6 Å². The lowest BCUT2D eigenvalue weighted by Gasteiger charge is -2.20. The average Bonchev–Trinajstić information content (AvgIpc) is 3.42. The van der Waals surface area contributed by atoms with Crippen LogP contribution < -0.4 is 5.32 Å². The molecular weight excluding hydrogens is 360 g/mol. The summed E-state index contributed by atoms with van der Waals surface area (Å²) in [5.41, 5.74) is 2.78. The molecule has 142 valence electrons. The molecule has 1 saturated carbocycles. The van der Waals surface area contributed by atoms with Crippen molar-refractivity contribution >= 4 is 17.2 Å². The van der Waals surface area contributed by atoms with Crippen LogP contribution in [-0.2, 0) is 11.3 Å². The Kier molecular flexibility index (Phi) is 5.38. The van der Waals surface area contributed by atoms with Crippen LogP contribution in [-0.4, -0.2) is 27.4 Å². The van der Waals surface area contributed by atoms with Crippen molar-refractivity contribution < 1.29 is 9.32 Å². The number of nitrogens with one attached hydrogen (secondary N) is 1. The van der Waals surface area contributed by atoms with Crippen LogP contribution in [0.4, 0.5) is 0 Å². The van der Waals surface area contributed by atoms with Crippen molar-refractivity contribution in [3.63, 3.8) is 0 Å². The van der Waals surface area contributed by atoms with Crippen molar-refractivity contribution in [3.05, 3.63) is 35.5 Å². The Labute approximate surface area is 162 Å². The Hall–Kier alpha value is -2.41. The van der Waals surface area contributed by atoms with Gasteiger partial charge in [-0.1, -0.05) is 30.5 Å². The van der Waals surface area contributed by atoms with Crippen LogP contribution in [0.3, 0.4) is 0 Å². The van der Waals surface area contributed by atoms with Crippen molar-refractivity contribution in [2.24, 2.45) is 5.92 Å². The van der Waals surface area contributed by atoms with E-state index in [4.69, 9.17) is 4.52 Å². The van der Waals surface area contributed by atoms with Crippen molar-refractivity contribution in [2.45, 2.75) is 45.6 Å². The topological polar surface area (TPSA) is 73.0 Å². The standard InChI is InChI=1S/C20H24N4O2S/c1-14-12-17(26-23-14)16-13-22-24(19(16)18-8-5-11-27-18)10-9-21-20(25)15-6-3-2-4-7-15/h5,8,11-13,15H,2-4,6-7,9-10H2,1H3,(H,21,25). The monoisotopic (exact) mass is 384 g/mol. The molecule has 4 rings (SSSR count). The van der Waals surface area contributed by atoms with E-state index in [0.29, 0.717) is 18.8 Å². The summed E-state index contributed by atoms with van der Waals surface area (Å²) in [7, 11) is 0. The van der Waals surface area contributed by atoms with Gasteiger partial charge >= 0.3 is 0 Å². The van der Waals surface area contributed by atoms with Crippen LogP contribution in [0.1, 0.15) is 37.8 Å². The van der Waals surface area contributed by atoms with Crippen molar-refractivity contribution in [2.75, 3.05) is 6.54 Å². The van der Waals surface area contributed by atoms with E-state index in [0.717, 1.165) is 34.7 Å². The third-order valence-corrected chi connectivity index (χ3v) is 5.96. The fourth-order valence-corrected chi connectivity index (χ4v) is 4.48. The summed E-state index contributed by atoms with van der Waals surface area (Å²) in [6.07, 6.45) is 7.44. The smallest absolute Gasteiger partial charge is 0.223 e. The second kappa shape index (κ2) is 8.08. The average molecular weight is 385 g/mol. The summed E-state index contributed by atoms with van der Waals surface area (Å²) < 4.78 is 7.40. The van der Waals surface area contributed by atoms with E-state index in [1.165, 1.54) is 19.3 Å². The van der Waals surface area contributed by atoms with E-state index >= 15 is 0 Å². The first-order chi connectivity index (χ1) is 13.2. The first-order valence-corrected chi connectivity index (χ1v) is 10.4. The molecule has 0 bridgehead atoms. The molecule has 7 heteroatoms. The number of amides is 1. The van der Waals surface area contributed by atoms with E-state index in [1.807, 2.05) is 35.3 Å². The molecule has 0 unspecified atom stereocenters. The highest BCUT2D eigenvalue weighted by atomic mass is 32.1. The first kappa shape index (κ1) is 18.0. The highest BCUT2D eigenvalue weighted by molar-refractivity contribution is 7.13. The van der Waals surface area contributed by atoms with Gasteiger partial charge in [-0.05, 0) is 31.2 Å². The number of aromatic nitrogens is 3. The van der Waals surface area contributed by atoms with Crippen molar-refractivity contribution in [1.29, 1.82) is 0 Å². The zero-order valence-electron chi connectivity index (χ0n) is 15.5. The van der Waals surface area contributed by atoms with Gasteiger partial charge in [0, 0.05) is 18.5 Å². The molecule has 0 spiro atoms. The van der Waals surface area contributed by atoms with Gasteiger partial charge in [0.15, 0.2) is 5.76 Å². The molecule has 0 aliphatic heterocycles. The molecule has 3 heterocycles. The lowest BCUT2D eigenvalue weighted by molar-refractivity contribution is -0.125. The molecule has 0 saturated heterocycles. The minimum atomic E-state index is 0.181. The highest BCUT2D eigenvalue weighted by Gasteiger charge is 2.21. The van der Waals surface area contributed by atoms with Gasteiger partial charge in [-0.25, -0.2) is 0 Å². The van der Waals surface area contributed by atoms with Gasteiger partial charge in [0.1, 0.15) is 0 Å². The molecule has 1 aliphatic rings. The predicted molar refractivity (Wildman–Crippen MR) is 105 cm³/mol. The molecule has 0 radical (unpaired) electrons. The van der Waals surface area contributed by atoms with Crippen LogP contribution in [0.2, 0.25) is 0 Å². The number of carbonyl (C=O) groups excluding carboxylic acids is 1. The van der Waals surface area contributed by atoms with Crippen LogP contribution in [0.25, 0.3) is 21.9 Å². The fraction of sp³-hybridized carbons (Fsp3) is 0.450. The highest BCUT2D eigenvalue weighted by Crippen LogP contribution is 2.35. The van der Waals surface area contributed by atoms with Gasteiger partial charge in [-0.2, -0.15) is 5.10 Å². The molecular formula is C20H24N4O2S. The summed E-state index contributed by atoms with van der Waals surface area (Å²) in [5.74, 6) is 1.08. The fourth-order valence-electron chi connectivity index (χ4n) is 3.69. The van der Waals surface area contributed by atoms with Crippen LogP contribution in [0.5, 0.6) is 0 Å². The van der Waals surface area contributed by atoms with Crippen LogP contribution >= 0.6 is 11.3 Å². The van der Waals surface area contributed by atoms with E-state index in [9.17, 15) is 4.79 Å². The summed E-state index contributed by atoms with van der Waals surface area (Å²) in [5, 5.41) is 13.7. The molecule has 0 aromatic carbocycles. The maximum atomic E-state index is 12.4. The molecule has 1 fully saturated rings. The molecule has 3 aromatic rings. The van der Waals surface area contributed by atoms with Gasteiger partial charge in [0.25, 0.3) is 0 Å². The Morgan fingerprint density at radius 2 is 2.22 bits per heavy atom. The number of hydrogen-bond donors (Lipinski definition) is 1. The second-order valence-corrected chi connectivity index (χ2v) is 8.01. The second-order valence-electron chi connectivity index (χ2n) is 7.07. The molecule has 6 nitrogen and oxygen atoms in total. The van der Waals surface area contributed by atoms with Gasteiger partial charge < -0.3 is 9.84 Å². The first-order valence-electron chi connectivity index (χ1n) is 9.53. The molecule has 1 N–H and O–H groups in total. The number of aryl methyl sites for hydroxylation is 1. The quantitative estimate of drug-likeness (QED) is 0.689. The molecule has 1 amide bonds. The summed E-state index contributed by atoms with van der Waals surface area (Å²) in [4.78, 5) is 13.5. The van der Waals surface area contributed by atoms with Crippen molar-refractivity contribution in [3.8, 4) is 21.9 Å². The van der Waals surface area contributed by atoms with E-state index in [-0.39, 0.29) is 11.8 Å². The lowest BCUT2D eigenvalue weighted by atomic mass is 9.89. The van der Waals surface area contributed by atoms with Gasteiger partial charge in [0.05, 0.1) is 34.6 Å². The summed E-state index contributed by atoms with van der Waals surface area (Å²) in [6, 6.07) is 6.02. The van der Waals surface area contributed by atoms with E-state index < -0.39 is 0 Å². The number of nitrogens with zero attached hydrogens (tertiary/aromatic N) is 3. The lowest BCUT2D eigenvalue weighted by Crippen LogP contribution is -2.34. The number of thiophene rings is 1. The van der Waals surface area contributed by atoms with Gasteiger partial charge in [-0.15, -0.1) is 11.3 Å². The molecule has 0 atom stereocenters. The summed E-state index contributed by atoms with van der Waals surface area (Å²) >= 11 is 1.66. The van der Waals surface area contributed by atoms with Gasteiger partial charge in [0.2, 0.25) is 5.91 Å². The predicted octanol–water partition coefficient (Wildman–Crippen LogP) is 4.27. The summed E-state index contributed by atoms with van der Waals surface area (Å²) in [6.45, 7) is 3.10. The number of rotatable bonds is 6. The Morgan fingerprint density at radius 1 is 1.37 bits per heavy atom. The molecule has 3 aromatic heterocycles. The molecule has 1 aliphatic carbocycles. The zero-order chi connectivity index (χ0) is 18.6. The maximum absolute atomic E-state index is 12.4. The zero-order valence-corrected chi connectivity index (χ0v) is 16.3. The van der Waals surface area contributed by atoms with Gasteiger partial charge in [-0.3, -0.25) is 9.48 Å². The minimum Gasteiger partial charge on any atom is -0.356 e. The number of hydrogen-bond acceptors (Lipinski definition) is 5. The largest absolute Gasteiger partial charge is 0.356 e.